The van der Waals surface area contributed by atoms with Crippen LogP contribution in [0.4, 0.5) is 0 Å². The summed E-state index contributed by atoms with van der Waals surface area (Å²) in [6, 6.07) is 13.7. The van der Waals surface area contributed by atoms with Gasteiger partial charge in [0.05, 0.1) is 28.1 Å². The molecule has 1 aliphatic rings. The summed E-state index contributed by atoms with van der Waals surface area (Å²) in [4.78, 5) is 17.3. The molecule has 6 heteroatoms. The van der Waals surface area contributed by atoms with Crippen molar-refractivity contribution in [1.29, 1.82) is 0 Å². The molecule has 0 aliphatic heterocycles. The topological polar surface area (TPSA) is 60.9 Å². The lowest BCUT2D eigenvalue weighted by Gasteiger charge is -2.14. The summed E-state index contributed by atoms with van der Waals surface area (Å²) in [5.41, 5.74) is 3.98. The fourth-order valence-corrected chi connectivity index (χ4v) is 3.71. The Morgan fingerprint density at radius 2 is 2.04 bits per heavy atom. The van der Waals surface area contributed by atoms with Crippen molar-refractivity contribution in [2.45, 2.75) is 25.2 Å². The number of aromatic nitrogens is 3. The van der Waals surface area contributed by atoms with Gasteiger partial charge < -0.3 is 4.52 Å². The fourth-order valence-electron chi connectivity index (χ4n) is 3.48. The first-order valence-corrected chi connectivity index (χ1v) is 9.27. The number of fused-ring (bicyclic) bond motifs is 1. The van der Waals surface area contributed by atoms with Crippen molar-refractivity contribution in [2.75, 3.05) is 0 Å². The van der Waals surface area contributed by atoms with Crippen LogP contribution in [0.5, 0.6) is 0 Å². The van der Waals surface area contributed by atoms with Gasteiger partial charge in [0.1, 0.15) is 6.26 Å². The van der Waals surface area contributed by atoms with Crippen LogP contribution in [-0.4, -0.2) is 14.7 Å². The van der Waals surface area contributed by atoms with Gasteiger partial charge in [-0.15, -0.1) is 0 Å². The zero-order chi connectivity index (χ0) is 18.4. The highest BCUT2D eigenvalue weighted by atomic mass is 35.5. The van der Waals surface area contributed by atoms with Gasteiger partial charge >= 0.3 is 5.69 Å². The molecule has 0 saturated heterocycles. The molecule has 0 N–H and O–H groups in total. The van der Waals surface area contributed by atoms with Gasteiger partial charge in [0.15, 0.2) is 0 Å². The van der Waals surface area contributed by atoms with E-state index in [9.17, 15) is 4.79 Å². The summed E-state index contributed by atoms with van der Waals surface area (Å²) in [6.07, 6.45) is 6.10. The molecule has 0 radical (unpaired) electrons. The van der Waals surface area contributed by atoms with E-state index < -0.39 is 0 Å². The van der Waals surface area contributed by atoms with Crippen LogP contribution < -0.4 is 5.69 Å². The third-order valence-corrected chi connectivity index (χ3v) is 5.31. The number of nitrogens with zero attached hydrogens (tertiary/aromatic N) is 3. The molecular formula is C21H16ClN3O2. The molecular weight excluding hydrogens is 362 g/mol. The largest absolute Gasteiger partial charge is 0.364 e. The molecule has 134 valence electrons. The van der Waals surface area contributed by atoms with E-state index in [1.54, 1.807) is 23.1 Å². The Morgan fingerprint density at radius 3 is 2.78 bits per heavy atom. The monoisotopic (exact) mass is 377 g/mol. The van der Waals surface area contributed by atoms with Crippen LogP contribution in [-0.2, 0) is 6.42 Å². The number of benzene rings is 2. The minimum Gasteiger partial charge on any atom is -0.364 e. The van der Waals surface area contributed by atoms with Gasteiger partial charge in [-0.3, -0.25) is 4.57 Å². The second kappa shape index (κ2) is 6.35. The Kier molecular flexibility index (Phi) is 3.83. The van der Waals surface area contributed by atoms with E-state index in [1.165, 1.54) is 18.4 Å². The van der Waals surface area contributed by atoms with Crippen LogP contribution in [0, 0.1) is 0 Å². The zero-order valence-electron chi connectivity index (χ0n) is 14.4. The first-order valence-electron chi connectivity index (χ1n) is 8.89. The maximum Gasteiger partial charge on any atom is 0.352 e. The summed E-state index contributed by atoms with van der Waals surface area (Å²) in [5, 5.41) is 5.19. The highest BCUT2D eigenvalue weighted by molar-refractivity contribution is 6.32. The molecule has 5 nitrogen and oxygen atoms in total. The Morgan fingerprint density at radius 1 is 1.19 bits per heavy atom. The lowest BCUT2D eigenvalue weighted by atomic mass is 10.0. The van der Waals surface area contributed by atoms with Crippen LogP contribution in [0.25, 0.3) is 16.6 Å². The second-order valence-electron chi connectivity index (χ2n) is 6.89. The number of para-hydroxylation sites is 1. The number of rotatable bonds is 4. The second-order valence-corrected chi connectivity index (χ2v) is 7.30. The van der Waals surface area contributed by atoms with E-state index in [4.69, 9.17) is 16.1 Å². The first kappa shape index (κ1) is 16.3. The maximum atomic E-state index is 13.0. The van der Waals surface area contributed by atoms with E-state index in [-0.39, 0.29) is 5.69 Å². The van der Waals surface area contributed by atoms with Crippen molar-refractivity contribution in [3.63, 3.8) is 0 Å². The van der Waals surface area contributed by atoms with Crippen LogP contribution in [0.3, 0.4) is 0 Å². The molecule has 1 fully saturated rings. The molecule has 27 heavy (non-hydrogen) atoms. The van der Waals surface area contributed by atoms with Crippen molar-refractivity contribution < 1.29 is 4.52 Å². The summed E-state index contributed by atoms with van der Waals surface area (Å²) >= 11 is 6.39. The lowest BCUT2D eigenvalue weighted by molar-refractivity contribution is 0.419. The van der Waals surface area contributed by atoms with Gasteiger partial charge in [-0.25, -0.2) is 4.79 Å². The Labute approximate surface area is 160 Å². The van der Waals surface area contributed by atoms with Crippen molar-refractivity contribution in [3.05, 3.63) is 87.3 Å². The van der Waals surface area contributed by atoms with Gasteiger partial charge in [-0.05, 0) is 42.5 Å². The van der Waals surface area contributed by atoms with Crippen molar-refractivity contribution in [2.24, 2.45) is 0 Å². The third kappa shape index (κ3) is 2.94. The molecule has 0 amide bonds. The number of hydrogen-bond acceptors (Lipinski definition) is 4. The lowest BCUT2D eigenvalue weighted by Crippen LogP contribution is -2.24. The molecule has 2 aromatic heterocycles. The van der Waals surface area contributed by atoms with E-state index in [2.05, 4.69) is 28.3 Å². The maximum absolute atomic E-state index is 13.0. The molecule has 1 aliphatic carbocycles. The standard InChI is InChI=1S/C21H16ClN3O2/c22-17-3-1-2-4-19(17)25-20-10-15(14-5-6-14)7-8-16(20)18(24-21(25)26)9-13-11-23-27-12-13/h1-4,7-8,10-12,14H,5-6,9H2. The van der Waals surface area contributed by atoms with E-state index in [0.717, 1.165) is 16.5 Å². The Hall–Kier alpha value is -2.92. The zero-order valence-corrected chi connectivity index (χ0v) is 15.2. The molecule has 0 spiro atoms. The predicted octanol–water partition coefficient (Wildman–Crippen LogP) is 4.50. The molecule has 1 saturated carbocycles. The summed E-state index contributed by atoms with van der Waals surface area (Å²) in [5.74, 6) is 0.582. The average molecular weight is 378 g/mol. The molecule has 4 aromatic rings. The molecule has 2 aromatic carbocycles. The molecule has 5 rings (SSSR count). The van der Waals surface area contributed by atoms with Crippen LogP contribution in [0.2, 0.25) is 5.02 Å². The normalized spacial score (nSPS) is 14.0. The van der Waals surface area contributed by atoms with Crippen LogP contribution in [0.15, 0.2) is 64.2 Å². The highest BCUT2D eigenvalue weighted by Gasteiger charge is 2.25. The Bertz CT molecular complexity index is 1190. The molecule has 0 bridgehead atoms. The van der Waals surface area contributed by atoms with E-state index >= 15 is 0 Å². The van der Waals surface area contributed by atoms with E-state index in [1.807, 2.05) is 18.2 Å². The predicted molar refractivity (Wildman–Crippen MR) is 104 cm³/mol. The summed E-state index contributed by atoms with van der Waals surface area (Å²) in [6.45, 7) is 0. The van der Waals surface area contributed by atoms with Crippen LogP contribution >= 0.6 is 11.6 Å². The van der Waals surface area contributed by atoms with E-state index in [0.29, 0.717) is 28.7 Å². The quantitative estimate of drug-likeness (QED) is 0.525. The SMILES string of the molecule is O=c1nc(Cc2cnoc2)c2ccc(C3CC3)cc2n1-c1ccccc1Cl. The summed E-state index contributed by atoms with van der Waals surface area (Å²) in [7, 11) is 0. The third-order valence-electron chi connectivity index (χ3n) is 4.99. The number of halogens is 1. The van der Waals surface area contributed by atoms with Gasteiger partial charge in [0, 0.05) is 17.4 Å². The van der Waals surface area contributed by atoms with Crippen molar-refractivity contribution in [1.82, 2.24) is 14.7 Å². The molecule has 0 unspecified atom stereocenters. The summed E-state index contributed by atoms with van der Waals surface area (Å²) < 4.78 is 6.53. The molecule has 0 atom stereocenters. The highest BCUT2D eigenvalue weighted by Crippen LogP contribution is 2.41. The minimum absolute atomic E-state index is 0.338. The van der Waals surface area contributed by atoms with Gasteiger partial charge in [-0.1, -0.05) is 41.0 Å². The average Bonchev–Trinajstić information content (AvgIpc) is 3.40. The van der Waals surface area contributed by atoms with Gasteiger partial charge in [0.25, 0.3) is 0 Å². The fraction of sp³-hybridized carbons (Fsp3) is 0.190. The molecule has 2 heterocycles. The Balaban J connectivity index is 1.79. The van der Waals surface area contributed by atoms with Gasteiger partial charge in [-0.2, -0.15) is 4.98 Å². The van der Waals surface area contributed by atoms with Crippen LogP contribution in [0.1, 0.15) is 35.6 Å². The van der Waals surface area contributed by atoms with Crippen molar-refractivity contribution >= 4 is 22.5 Å². The smallest absolute Gasteiger partial charge is 0.352 e. The van der Waals surface area contributed by atoms with Gasteiger partial charge in [0.2, 0.25) is 0 Å². The first-order chi connectivity index (χ1) is 13.2. The minimum atomic E-state index is -0.338. The number of hydrogen-bond donors (Lipinski definition) is 0. The van der Waals surface area contributed by atoms with Crippen molar-refractivity contribution in [3.8, 4) is 5.69 Å².